The number of benzene rings is 1. The summed E-state index contributed by atoms with van der Waals surface area (Å²) in [6.07, 6.45) is 0.0265. The number of hydrogen-bond acceptors (Lipinski definition) is 3. The molecule has 0 N–H and O–H groups in total. The molecule has 112 valence electrons. The Hall–Kier alpha value is -0.980. The first-order valence-corrected chi connectivity index (χ1v) is 7.07. The van der Waals surface area contributed by atoms with Gasteiger partial charge in [-0.2, -0.15) is 0 Å². The number of halogens is 2. The number of carbonyl (C=O) groups is 1. The highest BCUT2D eigenvalue weighted by molar-refractivity contribution is 9.10. The van der Waals surface area contributed by atoms with Crippen molar-refractivity contribution in [3.63, 3.8) is 0 Å². The fraction of sp³-hybridized carbons (Fsp3) is 0.500. The van der Waals surface area contributed by atoms with Crippen LogP contribution in [0.15, 0.2) is 22.7 Å². The third-order valence-electron chi connectivity index (χ3n) is 2.83. The van der Waals surface area contributed by atoms with E-state index in [1.54, 1.807) is 31.3 Å². The third-order valence-corrected chi connectivity index (χ3v) is 3.33. The van der Waals surface area contributed by atoms with Crippen LogP contribution in [0.25, 0.3) is 0 Å². The Kier molecular flexibility index (Phi) is 7.72. The molecule has 0 aliphatic carbocycles. The van der Waals surface area contributed by atoms with E-state index >= 15 is 0 Å². The molecule has 0 saturated carbocycles. The van der Waals surface area contributed by atoms with Crippen LogP contribution < -0.4 is 0 Å². The quantitative estimate of drug-likeness (QED) is 0.723. The Labute approximate surface area is 127 Å². The summed E-state index contributed by atoms with van der Waals surface area (Å²) < 4.78 is 24.4. The van der Waals surface area contributed by atoms with Crippen LogP contribution in [0, 0.1) is 5.82 Å². The molecule has 1 rings (SSSR count). The third kappa shape index (κ3) is 5.56. The Balaban J connectivity index is 2.70. The summed E-state index contributed by atoms with van der Waals surface area (Å²) in [5.41, 5.74) is 0.379. The second-order valence-corrected chi connectivity index (χ2v) is 5.19. The van der Waals surface area contributed by atoms with E-state index in [4.69, 9.17) is 9.47 Å². The van der Waals surface area contributed by atoms with E-state index < -0.39 is 0 Å². The summed E-state index contributed by atoms with van der Waals surface area (Å²) in [6.45, 7) is 1.81. The lowest BCUT2D eigenvalue weighted by Crippen LogP contribution is -2.37. The summed E-state index contributed by atoms with van der Waals surface area (Å²) in [7, 11) is 3.15. The van der Waals surface area contributed by atoms with Crippen molar-refractivity contribution >= 4 is 21.8 Å². The highest BCUT2D eigenvalue weighted by atomic mass is 79.9. The molecule has 0 heterocycles. The van der Waals surface area contributed by atoms with Gasteiger partial charge in [0.15, 0.2) is 0 Å². The van der Waals surface area contributed by atoms with Crippen molar-refractivity contribution in [1.29, 1.82) is 0 Å². The van der Waals surface area contributed by atoms with Crippen LogP contribution in [0.2, 0.25) is 0 Å². The Morgan fingerprint density at radius 1 is 1.25 bits per heavy atom. The van der Waals surface area contributed by atoms with Crippen molar-refractivity contribution in [2.75, 3.05) is 40.5 Å². The lowest BCUT2D eigenvalue weighted by molar-refractivity contribution is -0.131. The fourth-order valence-corrected chi connectivity index (χ4v) is 2.13. The van der Waals surface area contributed by atoms with E-state index in [0.717, 1.165) is 4.47 Å². The molecule has 0 saturated heterocycles. The zero-order chi connectivity index (χ0) is 15.0. The van der Waals surface area contributed by atoms with E-state index in [2.05, 4.69) is 15.9 Å². The number of nitrogens with zero attached hydrogens (tertiary/aromatic N) is 1. The zero-order valence-corrected chi connectivity index (χ0v) is 13.3. The molecule has 1 aromatic rings. The number of ether oxygens (including phenoxy) is 2. The van der Waals surface area contributed by atoms with Crippen LogP contribution in [-0.2, 0) is 20.7 Å². The molecule has 0 atom stereocenters. The van der Waals surface area contributed by atoms with Gasteiger partial charge in [-0.3, -0.25) is 4.79 Å². The molecular weight excluding hydrogens is 329 g/mol. The molecule has 0 fully saturated rings. The monoisotopic (exact) mass is 347 g/mol. The fourth-order valence-electron chi connectivity index (χ4n) is 1.72. The number of hydrogen-bond donors (Lipinski definition) is 0. The van der Waals surface area contributed by atoms with Gasteiger partial charge in [-0.25, -0.2) is 4.39 Å². The number of amides is 1. The molecule has 0 unspecified atom stereocenters. The van der Waals surface area contributed by atoms with Gasteiger partial charge in [0.05, 0.1) is 19.6 Å². The van der Waals surface area contributed by atoms with Crippen molar-refractivity contribution in [3.8, 4) is 0 Å². The predicted molar refractivity (Wildman–Crippen MR) is 78.1 cm³/mol. The molecule has 0 aliphatic heterocycles. The van der Waals surface area contributed by atoms with E-state index in [-0.39, 0.29) is 18.1 Å². The molecule has 20 heavy (non-hydrogen) atoms. The second kappa shape index (κ2) is 9.05. The highest BCUT2D eigenvalue weighted by Crippen LogP contribution is 2.16. The average molecular weight is 348 g/mol. The molecule has 0 radical (unpaired) electrons. The summed E-state index contributed by atoms with van der Waals surface area (Å²) in [5, 5.41) is 0. The second-order valence-electron chi connectivity index (χ2n) is 4.28. The molecule has 6 heteroatoms. The Morgan fingerprint density at radius 3 is 2.40 bits per heavy atom. The first-order valence-electron chi connectivity index (χ1n) is 6.28. The van der Waals surface area contributed by atoms with Crippen LogP contribution in [0.4, 0.5) is 4.39 Å². The standard InChI is InChI=1S/C14H19BrFNO3/c1-19-7-5-17(6-8-20-2)14(18)10-11-9-12(15)3-4-13(11)16/h3-4,9H,5-8,10H2,1-2H3. The first-order chi connectivity index (χ1) is 9.58. The SMILES string of the molecule is COCCN(CCOC)C(=O)Cc1cc(Br)ccc1F. The maximum Gasteiger partial charge on any atom is 0.227 e. The topological polar surface area (TPSA) is 38.8 Å². The maximum atomic E-state index is 13.7. The summed E-state index contributed by atoms with van der Waals surface area (Å²) in [5.74, 6) is -0.518. The molecule has 0 spiro atoms. The largest absolute Gasteiger partial charge is 0.383 e. The highest BCUT2D eigenvalue weighted by Gasteiger charge is 2.16. The van der Waals surface area contributed by atoms with Gasteiger partial charge < -0.3 is 14.4 Å². The predicted octanol–water partition coefficient (Wildman–Crippen LogP) is 2.25. The van der Waals surface area contributed by atoms with Gasteiger partial charge in [-0.1, -0.05) is 15.9 Å². The van der Waals surface area contributed by atoms with Gasteiger partial charge in [0.1, 0.15) is 5.82 Å². The van der Waals surface area contributed by atoms with Crippen molar-refractivity contribution in [2.45, 2.75) is 6.42 Å². The Morgan fingerprint density at radius 2 is 1.85 bits per heavy atom. The normalized spacial score (nSPS) is 10.6. The molecule has 1 aromatic carbocycles. The lowest BCUT2D eigenvalue weighted by atomic mass is 10.1. The lowest BCUT2D eigenvalue weighted by Gasteiger charge is -2.22. The summed E-state index contributed by atoms with van der Waals surface area (Å²) in [4.78, 5) is 13.8. The van der Waals surface area contributed by atoms with Crippen LogP contribution in [0.3, 0.4) is 0 Å². The molecular formula is C14H19BrFNO3. The van der Waals surface area contributed by atoms with Gasteiger partial charge in [-0.15, -0.1) is 0 Å². The van der Waals surface area contributed by atoms with Crippen molar-refractivity contribution in [1.82, 2.24) is 4.90 Å². The van der Waals surface area contributed by atoms with Gasteiger partial charge in [0.2, 0.25) is 5.91 Å². The molecule has 0 aromatic heterocycles. The number of rotatable bonds is 8. The van der Waals surface area contributed by atoms with Gasteiger partial charge >= 0.3 is 0 Å². The average Bonchev–Trinajstić information content (AvgIpc) is 2.43. The van der Waals surface area contributed by atoms with Crippen molar-refractivity contribution in [2.24, 2.45) is 0 Å². The van der Waals surface area contributed by atoms with E-state index in [1.807, 2.05) is 0 Å². The van der Waals surface area contributed by atoms with Gasteiger partial charge in [-0.05, 0) is 23.8 Å². The van der Waals surface area contributed by atoms with Crippen LogP contribution in [-0.4, -0.2) is 51.3 Å². The van der Waals surface area contributed by atoms with Gasteiger partial charge in [0, 0.05) is 31.8 Å². The summed E-state index contributed by atoms with van der Waals surface area (Å²) in [6, 6.07) is 4.58. The van der Waals surface area contributed by atoms with E-state index in [0.29, 0.717) is 31.9 Å². The molecule has 0 aliphatic rings. The minimum atomic E-state index is -0.375. The smallest absolute Gasteiger partial charge is 0.227 e. The maximum absolute atomic E-state index is 13.7. The zero-order valence-electron chi connectivity index (χ0n) is 11.7. The number of methoxy groups -OCH3 is 2. The van der Waals surface area contributed by atoms with Crippen molar-refractivity contribution in [3.05, 3.63) is 34.1 Å². The van der Waals surface area contributed by atoms with E-state index in [1.165, 1.54) is 6.07 Å². The van der Waals surface area contributed by atoms with Gasteiger partial charge in [0.25, 0.3) is 0 Å². The number of carbonyl (C=O) groups excluding carboxylic acids is 1. The molecule has 1 amide bonds. The Bertz CT molecular complexity index is 434. The minimum absolute atomic E-state index is 0.0265. The van der Waals surface area contributed by atoms with Crippen molar-refractivity contribution < 1.29 is 18.7 Å². The first kappa shape index (κ1) is 17.1. The minimum Gasteiger partial charge on any atom is -0.383 e. The van der Waals surface area contributed by atoms with Crippen LogP contribution in [0.1, 0.15) is 5.56 Å². The van der Waals surface area contributed by atoms with Crippen LogP contribution in [0.5, 0.6) is 0 Å². The molecule has 0 bridgehead atoms. The molecule has 4 nitrogen and oxygen atoms in total. The van der Waals surface area contributed by atoms with Crippen LogP contribution >= 0.6 is 15.9 Å². The summed E-state index contributed by atoms with van der Waals surface area (Å²) >= 11 is 3.28. The van der Waals surface area contributed by atoms with E-state index in [9.17, 15) is 9.18 Å².